The standard InChI is InChI=1S/C19H22BrNO3S/c1-13(2)24-16-8-5-14(11-17(16)23-4)6-10-19(22)21(3)12-15-7-9-18(20)25-15/h5-11,13H,12H2,1-4H3/b10-6+. The van der Waals surface area contributed by atoms with Crippen molar-refractivity contribution in [2.24, 2.45) is 0 Å². The number of likely N-dealkylation sites (N-methyl/N-ethyl adjacent to an activating group) is 1. The van der Waals surface area contributed by atoms with Crippen molar-refractivity contribution in [1.82, 2.24) is 4.90 Å². The van der Waals surface area contributed by atoms with Crippen LogP contribution in [0.1, 0.15) is 24.3 Å². The summed E-state index contributed by atoms with van der Waals surface area (Å²) in [5.41, 5.74) is 0.883. The molecule has 0 spiro atoms. The van der Waals surface area contributed by atoms with Crippen molar-refractivity contribution in [2.75, 3.05) is 14.2 Å². The van der Waals surface area contributed by atoms with Gasteiger partial charge in [0.05, 0.1) is 23.5 Å². The minimum absolute atomic E-state index is 0.0500. The number of halogens is 1. The van der Waals surface area contributed by atoms with Gasteiger partial charge in [-0.1, -0.05) is 6.07 Å². The van der Waals surface area contributed by atoms with Crippen LogP contribution in [0, 0.1) is 0 Å². The minimum atomic E-state index is -0.0500. The van der Waals surface area contributed by atoms with Gasteiger partial charge in [0.2, 0.25) is 5.91 Å². The van der Waals surface area contributed by atoms with E-state index in [9.17, 15) is 4.79 Å². The van der Waals surface area contributed by atoms with Crippen molar-refractivity contribution < 1.29 is 14.3 Å². The molecule has 2 aromatic rings. The molecule has 0 saturated carbocycles. The van der Waals surface area contributed by atoms with Crippen molar-refractivity contribution in [2.45, 2.75) is 26.5 Å². The Hall–Kier alpha value is -1.79. The average molecular weight is 424 g/mol. The summed E-state index contributed by atoms with van der Waals surface area (Å²) in [5.74, 6) is 1.30. The number of thiophene rings is 1. The molecular weight excluding hydrogens is 402 g/mol. The van der Waals surface area contributed by atoms with Crippen LogP contribution < -0.4 is 9.47 Å². The Kier molecular flexibility index (Phi) is 7.08. The molecule has 0 bridgehead atoms. The van der Waals surface area contributed by atoms with E-state index in [0.717, 1.165) is 14.2 Å². The highest BCUT2D eigenvalue weighted by molar-refractivity contribution is 9.11. The van der Waals surface area contributed by atoms with Crippen LogP contribution in [0.2, 0.25) is 0 Å². The molecule has 4 nitrogen and oxygen atoms in total. The molecule has 0 saturated heterocycles. The molecule has 0 fully saturated rings. The number of hydrogen-bond donors (Lipinski definition) is 0. The van der Waals surface area contributed by atoms with E-state index in [4.69, 9.17) is 9.47 Å². The molecule has 0 radical (unpaired) electrons. The predicted molar refractivity (Wildman–Crippen MR) is 106 cm³/mol. The van der Waals surface area contributed by atoms with Gasteiger partial charge in [-0.3, -0.25) is 4.79 Å². The predicted octanol–water partition coefficient (Wildman–Crippen LogP) is 4.98. The Morgan fingerprint density at radius 3 is 2.64 bits per heavy atom. The molecule has 0 unspecified atom stereocenters. The van der Waals surface area contributed by atoms with Gasteiger partial charge in [-0.05, 0) is 65.7 Å². The van der Waals surface area contributed by atoms with E-state index in [1.54, 1.807) is 42.5 Å². The number of carbonyl (C=O) groups is 1. The first-order valence-electron chi connectivity index (χ1n) is 7.91. The van der Waals surface area contributed by atoms with Crippen LogP contribution in [0.25, 0.3) is 6.08 Å². The Balaban J connectivity index is 2.03. The van der Waals surface area contributed by atoms with Gasteiger partial charge in [-0.25, -0.2) is 0 Å². The second kappa shape index (κ2) is 9.06. The number of amides is 1. The first kappa shape index (κ1) is 19.5. The maximum atomic E-state index is 12.3. The van der Waals surface area contributed by atoms with Crippen LogP contribution in [0.4, 0.5) is 0 Å². The SMILES string of the molecule is COc1cc(/C=C/C(=O)N(C)Cc2ccc(Br)s2)ccc1OC(C)C. The molecule has 0 aliphatic carbocycles. The van der Waals surface area contributed by atoms with Gasteiger partial charge in [-0.15, -0.1) is 11.3 Å². The number of ether oxygens (including phenoxy) is 2. The van der Waals surface area contributed by atoms with E-state index in [0.29, 0.717) is 18.0 Å². The number of rotatable bonds is 7. The van der Waals surface area contributed by atoms with Crippen LogP contribution in [0.5, 0.6) is 11.5 Å². The minimum Gasteiger partial charge on any atom is -0.493 e. The van der Waals surface area contributed by atoms with E-state index in [1.807, 2.05) is 44.2 Å². The van der Waals surface area contributed by atoms with Gasteiger partial charge in [0.25, 0.3) is 0 Å². The quantitative estimate of drug-likeness (QED) is 0.589. The lowest BCUT2D eigenvalue weighted by atomic mass is 10.2. The first-order chi connectivity index (χ1) is 11.9. The largest absolute Gasteiger partial charge is 0.493 e. The molecule has 0 aliphatic rings. The summed E-state index contributed by atoms with van der Waals surface area (Å²) in [6, 6.07) is 9.62. The molecule has 1 aromatic carbocycles. The number of methoxy groups -OCH3 is 1. The molecule has 1 heterocycles. The summed E-state index contributed by atoms with van der Waals surface area (Å²) in [6.45, 7) is 4.52. The summed E-state index contributed by atoms with van der Waals surface area (Å²) >= 11 is 5.06. The lowest BCUT2D eigenvalue weighted by molar-refractivity contribution is -0.125. The highest BCUT2D eigenvalue weighted by Crippen LogP contribution is 2.29. The molecule has 2 rings (SSSR count). The van der Waals surface area contributed by atoms with Gasteiger partial charge in [0, 0.05) is 18.0 Å². The molecular formula is C19H22BrNO3S. The summed E-state index contributed by atoms with van der Waals surface area (Å²) in [6.07, 6.45) is 3.42. The van der Waals surface area contributed by atoms with Crippen molar-refractivity contribution >= 4 is 39.2 Å². The van der Waals surface area contributed by atoms with E-state index in [1.165, 1.54) is 0 Å². The summed E-state index contributed by atoms with van der Waals surface area (Å²) in [7, 11) is 3.40. The first-order valence-corrected chi connectivity index (χ1v) is 9.52. The van der Waals surface area contributed by atoms with Crippen LogP contribution in [-0.2, 0) is 11.3 Å². The normalized spacial score (nSPS) is 11.1. The lowest BCUT2D eigenvalue weighted by Gasteiger charge is -2.14. The summed E-state index contributed by atoms with van der Waals surface area (Å²) < 4.78 is 12.1. The van der Waals surface area contributed by atoms with Crippen molar-refractivity contribution in [3.05, 3.63) is 50.6 Å². The fourth-order valence-corrected chi connectivity index (χ4v) is 3.72. The second-order valence-electron chi connectivity index (χ2n) is 5.81. The molecule has 0 aliphatic heterocycles. The number of nitrogens with zero attached hydrogens (tertiary/aromatic N) is 1. The Bertz CT molecular complexity index is 755. The Labute approximate surface area is 161 Å². The highest BCUT2D eigenvalue weighted by Gasteiger charge is 2.09. The third kappa shape index (κ3) is 5.90. The smallest absolute Gasteiger partial charge is 0.246 e. The summed E-state index contributed by atoms with van der Waals surface area (Å²) in [4.78, 5) is 15.1. The van der Waals surface area contributed by atoms with E-state index >= 15 is 0 Å². The molecule has 25 heavy (non-hydrogen) atoms. The topological polar surface area (TPSA) is 38.8 Å². The van der Waals surface area contributed by atoms with Gasteiger partial charge >= 0.3 is 0 Å². The fraction of sp³-hybridized carbons (Fsp3) is 0.316. The number of hydrogen-bond acceptors (Lipinski definition) is 4. The molecule has 6 heteroatoms. The van der Waals surface area contributed by atoms with Crippen LogP contribution in [-0.4, -0.2) is 31.1 Å². The zero-order valence-corrected chi connectivity index (χ0v) is 17.2. The van der Waals surface area contributed by atoms with Crippen LogP contribution in [0.3, 0.4) is 0 Å². The lowest BCUT2D eigenvalue weighted by Crippen LogP contribution is -2.23. The van der Waals surface area contributed by atoms with Gasteiger partial charge in [0.1, 0.15) is 0 Å². The number of carbonyl (C=O) groups excluding carboxylic acids is 1. The second-order valence-corrected chi connectivity index (χ2v) is 8.36. The highest BCUT2D eigenvalue weighted by atomic mass is 79.9. The third-order valence-electron chi connectivity index (χ3n) is 3.37. The fourth-order valence-electron chi connectivity index (χ4n) is 2.18. The van der Waals surface area contributed by atoms with E-state index in [-0.39, 0.29) is 12.0 Å². The third-order valence-corrected chi connectivity index (χ3v) is 4.98. The van der Waals surface area contributed by atoms with Gasteiger partial charge < -0.3 is 14.4 Å². The van der Waals surface area contributed by atoms with E-state index < -0.39 is 0 Å². The Morgan fingerprint density at radius 2 is 2.04 bits per heavy atom. The van der Waals surface area contributed by atoms with Crippen molar-refractivity contribution in [1.29, 1.82) is 0 Å². The molecule has 0 atom stereocenters. The monoisotopic (exact) mass is 423 g/mol. The van der Waals surface area contributed by atoms with E-state index in [2.05, 4.69) is 15.9 Å². The van der Waals surface area contributed by atoms with Crippen LogP contribution >= 0.6 is 27.3 Å². The zero-order chi connectivity index (χ0) is 18.4. The molecule has 1 aromatic heterocycles. The Morgan fingerprint density at radius 1 is 1.28 bits per heavy atom. The van der Waals surface area contributed by atoms with Gasteiger partial charge in [-0.2, -0.15) is 0 Å². The molecule has 0 N–H and O–H groups in total. The summed E-state index contributed by atoms with van der Waals surface area (Å²) in [5, 5.41) is 0. The average Bonchev–Trinajstić information content (AvgIpc) is 2.97. The number of benzene rings is 1. The van der Waals surface area contributed by atoms with Crippen molar-refractivity contribution in [3.63, 3.8) is 0 Å². The maximum absolute atomic E-state index is 12.3. The molecule has 134 valence electrons. The molecule has 1 amide bonds. The van der Waals surface area contributed by atoms with Crippen LogP contribution in [0.15, 0.2) is 40.2 Å². The maximum Gasteiger partial charge on any atom is 0.246 e. The van der Waals surface area contributed by atoms with Crippen molar-refractivity contribution in [3.8, 4) is 11.5 Å². The zero-order valence-electron chi connectivity index (χ0n) is 14.8. The van der Waals surface area contributed by atoms with Gasteiger partial charge in [0.15, 0.2) is 11.5 Å².